The fourth-order valence-corrected chi connectivity index (χ4v) is 5.57. The number of para-hydroxylation sites is 1. The van der Waals surface area contributed by atoms with Crippen LogP contribution in [0.1, 0.15) is 25.7 Å². The first-order chi connectivity index (χ1) is 18.0. The molecule has 1 aliphatic carbocycles. The highest BCUT2D eigenvalue weighted by Crippen LogP contribution is 2.34. The van der Waals surface area contributed by atoms with Crippen molar-refractivity contribution in [2.75, 3.05) is 52.1 Å². The number of carbonyl (C=O) groups is 1. The van der Waals surface area contributed by atoms with E-state index >= 15 is 0 Å². The molecule has 1 N–H and O–H groups in total. The van der Waals surface area contributed by atoms with Gasteiger partial charge in [0.15, 0.2) is 0 Å². The molecule has 0 bridgehead atoms. The number of nitrogens with zero attached hydrogens (tertiary/aromatic N) is 5. The number of furan rings is 1. The van der Waals surface area contributed by atoms with Gasteiger partial charge in [0.25, 0.3) is 0 Å². The van der Waals surface area contributed by atoms with Crippen LogP contribution in [0.4, 0.5) is 5.95 Å². The molecule has 9 heteroatoms. The summed E-state index contributed by atoms with van der Waals surface area (Å²) in [4.78, 5) is 28.3. The highest BCUT2D eigenvalue weighted by atomic mass is 35.5. The van der Waals surface area contributed by atoms with Gasteiger partial charge in [-0.05, 0) is 45.8 Å². The molecule has 1 saturated carbocycles. The molecule has 1 aromatic carbocycles. The second-order valence-corrected chi connectivity index (χ2v) is 10.6. The van der Waals surface area contributed by atoms with E-state index in [1.54, 1.807) is 18.5 Å². The Kier molecular flexibility index (Phi) is 8.08. The maximum atomic E-state index is 12.5. The third-order valence-corrected chi connectivity index (χ3v) is 7.61. The van der Waals surface area contributed by atoms with Crippen LogP contribution in [-0.4, -0.2) is 89.5 Å². The van der Waals surface area contributed by atoms with Gasteiger partial charge in [0.2, 0.25) is 11.9 Å². The lowest BCUT2D eigenvalue weighted by molar-refractivity contribution is -0.128. The number of rotatable bonds is 7. The standard InChI is InChI=1S/C28H35ClN6O2/c1-33(2)12-6-11-26(36)35-15-13-34(14-16-35)21-8-5-7-20(17-21)31-28-30-18-24(29)27(32-28)23-19-37-25-10-4-3-9-22(23)25/h3-4,6,9-11,18-21H,5,7-8,12-17H2,1-2H3,(H,30,31,32)/b11-6+/t20-,21+/m1/s1. The number of piperazine rings is 1. The minimum Gasteiger partial charge on any atom is -0.464 e. The zero-order valence-corrected chi connectivity index (χ0v) is 22.3. The minimum atomic E-state index is 0.116. The smallest absolute Gasteiger partial charge is 0.246 e. The van der Waals surface area contributed by atoms with E-state index in [1.807, 2.05) is 54.2 Å². The molecule has 1 aliphatic heterocycles. The number of fused-ring (bicyclic) bond motifs is 1. The number of halogens is 1. The SMILES string of the molecule is CN(C)C/C=C/C(=O)N1CCN([C@H]2CCC[C@@H](Nc3ncc(Cl)c(-c4coc5ccccc45)n3)C2)CC1. The van der Waals surface area contributed by atoms with E-state index in [0.29, 0.717) is 28.7 Å². The van der Waals surface area contributed by atoms with Gasteiger partial charge in [-0.2, -0.15) is 0 Å². The van der Waals surface area contributed by atoms with Crippen LogP contribution in [0.15, 0.2) is 53.3 Å². The first-order valence-corrected chi connectivity index (χ1v) is 13.5. The lowest BCUT2D eigenvalue weighted by Gasteiger charge is -2.42. The fourth-order valence-electron chi connectivity index (χ4n) is 5.37. The third kappa shape index (κ3) is 6.14. The summed E-state index contributed by atoms with van der Waals surface area (Å²) in [6, 6.07) is 8.67. The first kappa shape index (κ1) is 25.7. The number of carbonyl (C=O) groups excluding carboxylic acids is 1. The number of nitrogens with one attached hydrogen (secondary N) is 1. The monoisotopic (exact) mass is 522 g/mol. The highest BCUT2D eigenvalue weighted by Gasteiger charge is 2.30. The predicted octanol–water partition coefficient (Wildman–Crippen LogP) is 4.53. The first-order valence-electron chi connectivity index (χ1n) is 13.1. The van der Waals surface area contributed by atoms with Crippen molar-refractivity contribution in [1.29, 1.82) is 0 Å². The maximum absolute atomic E-state index is 12.5. The van der Waals surface area contributed by atoms with Gasteiger partial charge in [-0.1, -0.05) is 35.9 Å². The lowest BCUT2D eigenvalue weighted by atomic mass is 9.89. The fraction of sp³-hybridized carbons (Fsp3) is 0.464. The molecule has 2 atom stereocenters. The zero-order chi connectivity index (χ0) is 25.8. The number of aromatic nitrogens is 2. The van der Waals surface area contributed by atoms with Gasteiger partial charge in [0, 0.05) is 61.8 Å². The molecule has 8 nitrogen and oxygen atoms in total. The van der Waals surface area contributed by atoms with Gasteiger partial charge in [-0.15, -0.1) is 0 Å². The molecule has 2 fully saturated rings. The van der Waals surface area contributed by atoms with Gasteiger partial charge in [0.05, 0.1) is 16.9 Å². The molecule has 5 rings (SSSR count). The largest absolute Gasteiger partial charge is 0.464 e. The molecule has 3 heterocycles. The van der Waals surface area contributed by atoms with E-state index < -0.39 is 0 Å². The summed E-state index contributed by atoms with van der Waals surface area (Å²) in [6.07, 6.45) is 11.5. The van der Waals surface area contributed by atoms with Crippen LogP contribution in [0.3, 0.4) is 0 Å². The quantitative estimate of drug-likeness (QED) is 0.457. The average molecular weight is 523 g/mol. The van der Waals surface area contributed by atoms with Gasteiger partial charge in [0.1, 0.15) is 11.8 Å². The summed E-state index contributed by atoms with van der Waals surface area (Å²) in [5, 5.41) is 5.06. The van der Waals surface area contributed by atoms with Crippen LogP contribution in [0, 0.1) is 0 Å². The van der Waals surface area contributed by atoms with Gasteiger partial charge >= 0.3 is 0 Å². The van der Waals surface area contributed by atoms with Crippen molar-refractivity contribution in [2.45, 2.75) is 37.8 Å². The van der Waals surface area contributed by atoms with E-state index in [2.05, 4.69) is 15.2 Å². The summed E-state index contributed by atoms with van der Waals surface area (Å²) in [5.74, 6) is 0.709. The van der Waals surface area contributed by atoms with Crippen LogP contribution >= 0.6 is 11.6 Å². The van der Waals surface area contributed by atoms with Crippen molar-refractivity contribution < 1.29 is 9.21 Å². The Labute approximate surface area is 223 Å². The molecular weight excluding hydrogens is 488 g/mol. The van der Waals surface area contributed by atoms with Crippen molar-refractivity contribution in [3.8, 4) is 11.3 Å². The van der Waals surface area contributed by atoms with E-state index in [4.69, 9.17) is 21.0 Å². The van der Waals surface area contributed by atoms with E-state index in [-0.39, 0.29) is 5.91 Å². The van der Waals surface area contributed by atoms with Crippen LogP contribution in [0.25, 0.3) is 22.2 Å². The highest BCUT2D eigenvalue weighted by molar-refractivity contribution is 6.33. The van der Waals surface area contributed by atoms with E-state index in [0.717, 1.165) is 68.5 Å². The summed E-state index contributed by atoms with van der Waals surface area (Å²) in [5.41, 5.74) is 2.36. The van der Waals surface area contributed by atoms with Gasteiger partial charge in [-0.3, -0.25) is 9.69 Å². The molecule has 0 unspecified atom stereocenters. The van der Waals surface area contributed by atoms with Crippen molar-refractivity contribution in [2.24, 2.45) is 0 Å². The molecule has 37 heavy (non-hydrogen) atoms. The molecule has 0 spiro atoms. The van der Waals surface area contributed by atoms with Gasteiger partial charge in [-0.25, -0.2) is 9.97 Å². The Morgan fingerprint density at radius 2 is 2.03 bits per heavy atom. The summed E-state index contributed by atoms with van der Waals surface area (Å²) >= 11 is 6.50. The summed E-state index contributed by atoms with van der Waals surface area (Å²) < 4.78 is 5.71. The number of hydrogen-bond acceptors (Lipinski definition) is 7. The number of benzene rings is 1. The van der Waals surface area contributed by atoms with Crippen molar-refractivity contribution >= 4 is 34.4 Å². The second-order valence-electron chi connectivity index (χ2n) is 10.2. The number of likely N-dealkylation sites (N-methyl/N-ethyl adjacent to an activating group) is 1. The minimum absolute atomic E-state index is 0.116. The molecule has 196 valence electrons. The van der Waals surface area contributed by atoms with Crippen molar-refractivity contribution in [3.05, 3.63) is 53.9 Å². The summed E-state index contributed by atoms with van der Waals surface area (Å²) in [6.45, 7) is 4.17. The molecule has 2 aliphatic rings. The van der Waals surface area contributed by atoms with Crippen molar-refractivity contribution in [1.82, 2.24) is 24.7 Å². The molecular formula is C28H35ClN6O2. The predicted molar refractivity (Wildman–Crippen MR) is 148 cm³/mol. The average Bonchev–Trinajstić information content (AvgIpc) is 3.34. The number of hydrogen-bond donors (Lipinski definition) is 1. The van der Waals surface area contributed by atoms with Gasteiger partial charge < -0.3 is 19.5 Å². The van der Waals surface area contributed by atoms with Crippen LogP contribution in [0.2, 0.25) is 5.02 Å². The Hall–Kier alpha value is -2.94. The van der Waals surface area contributed by atoms with Crippen LogP contribution in [0.5, 0.6) is 0 Å². The van der Waals surface area contributed by atoms with Crippen molar-refractivity contribution in [3.63, 3.8) is 0 Å². The number of amides is 1. The maximum Gasteiger partial charge on any atom is 0.246 e. The molecule has 0 radical (unpaired) electrons. The summed E-state index contributed by atoms with van der Waals surface area (Å²) in [7, 11) is 4.00. The normalized spacial score (nSPS) is 21.2. The Bertz CT molecular complexity index is 1250. The Morgan fingerprint density at radius 1 is 1.22 bits per heavy atom. The Balaban J connectivity index is 1.19. The van der Waals surface area contributed by atoms with Crippen LogP contribution < -0.4 is 5.32 Å². The topological polar surface area (TPSA) is 77.7 Å². The lowest BCUT2D eigenvalue weighted by Crippen LogP contribution is -2.53. The van der Waals surface area contributed by atoms with Crippen LogP contribution in [-0.2, 0) is 4.79 Å². The Morgan fingerprint density at radius 3 is 2.84 bits per heavy atom. The zero-order valence-electron chi connectivity index (χ0n) is 21.6. The second kappa shape index (κ2) is 11.6. The molecule has 3 aromatic rings. The third-order valence-electron chi connectivity index (χ3n) is 7.33. The molecule has 1 saturated heterocycles. The molecule has 1 amide bonds. The van der Waals surface area contributed by atoms with E-state index in [1.165, 1.54) is 6.42 Å². The molecule has 2 aromatic heterocycles. The van der Waals surface area contributed by atoms with E-state index in [9.17, 15) is 4.79 Å². The number of anilines is 1.